The number of aryl methyl sites for hydroxylation is 2. The fourth-order valence-electron chi connectivity index (χ4n) is 5.19. The second-order valence-corrected chi connectivity index (χ2v) is 11.7. The molecule has 1 amide bonds. The molecule has 1 aromatic heterocycles. The normalized spacial score (nSPS) is 14.0. The molecule has 1 saturated heterocycles. The molecule has 2 aromatic carbocycles. The quantitative estimate of drug-likeness (QED) is 0.363. The molecule has 0 aliphatic carbocycles. The van der Waals surface area contributed by atoms with Gasteiger partial charge in [0.25, 0.3) is 0 Å². The van der Waals surface area contributed by atoms with Crippen molar-refractivity contribution in [2.45, 2.75) is 70.6 Å². The molecule has 1 aliphatic heterocycles. The van der Waals surface area contributed by atoms with Crippen LogP contribution < -0.4 is 34.0 Å². The molecular formula is C32H36F3LiN4O5. The van der Waals surface area contributed by atoms with E-state index in [9.17, 15) is 27.9 Å². The summed E-state index contributed by atoms with van der Waals surface area (Å²) in [6, 6.07) is 12.2. The second-order valence-electron chi connectivity index (χ2n) is 11.7. The number of amides is 1. The monoisotopic (exact) mass is 620 g/mol. The number of hydrogen-bond donors (Lipinski definition) is 1. The summed E-state index contributed by atoms with van der Waals surface area (Å²) in [6.45, 7) is 6.61. The molecule has 4 rings (SSSR count). The van der Waals surface area contributed by atoms with Crippen LogP contribution in [0.1, 0.15) is 67.5 Å². The van der Waals surface area contributed by atoms with Crippen LogP contribution in [0.3, 0.4) is 0 Å². The van der Waals surface area contributed by atoms with Gasteiger partial charge in [0.1, 0.15) is 11.4 Å². The Bertz CT molecular complexity index is 1490. The van der Waals surface area contributed by atoms with E-state index in [1.165, 1.54) is 7.11 Å². The fraction of sp³-hybridized carbons (Fsp3) is 0.438. The van der Waals surface area contributed by atoms with Crippen molar-refractivity contribution < 1.29 is 56.2 Å². The summed E-state index contributed by atoms with van der Waals surface area (Å²) in [5, 5.41) is 14.1. The molecule has 1 aliphatic rings. The van der Waals surface area contributed by atoms with E-state index in [1.54, 1.807) is 35.2 Å². The van der Waals surface area contributed by atoms with Crippen molar-refractivity contribution in [3.63, 3.8) is 0 Å². The Balaban J connectivity index is 0.00000552. The van der Waals surface area contributed by atoms with Gasteiger partial charge >= 0.3 is 31.1 Å². The maximum absolute atomic E-state index is 13.8. The first-order chi connectivity index (χ1) is 20.7. The van der Waals surface area contributed by atoms with E-state index in [4.69, 9.17) is 9.47 Å². The van der Waals surface area contributed by atoms with Crippen molar-refractivity contribution in [1.82, 2.24) is 14.9 Å². The van der Waals surface area contributed by atoms with Gasteiger partial charge in [0, 0.05) is 31.7 Å². The number of nitrogens with zero attached hydrogens (tertiary/aromatic N) is 3. The molecular weight excluding hydrogens is 584 g/mol. The fourth-order valence-corrected chi connectivity index (χ4v) is 5.19. The zero-order valence-corrected chi connectivity index (χ0v) is 26.2. The van der Waals surface area contributed by atoms with Gasteiger partial charge in [0.05, 0.1) is 24.1 Å². The predicted octanol–water partition coefficient (Wildman–Crippen LogP) is 2.44. The standard InChI is InChI=1S/C32H37F3N4O5.Li/c1-31(2,3)44-30(42)39-15-13-21(14-16-39)23-10-12-26(27(17-23)43-4)38-29-36-19-24(32(33,34)35)25(37-29)11-9-20-7-5-6-8-22(20)18-28(40)41;/h5-8,10,12,17,19,21H,9,11,13-16,18H2,1-4H3,(H,40,41)(H,36,37,38);/q;+1/p-1. The molecule has 0 radical (unpaired) electrons. The number of benzene rings is 2. The van der Waals surface area contributed by atoms with Crippen LogP contribution in [0.4, 0.5) is 29.6 Å². The molecule has 0 unspecified atom stereocenters. The van der Waals surface area contributed by atoms with Gasteiger partial charge in [-0.2, -0.15) is 13.2 Å². The van der Waals surface area contributed by atoms with Gasteiger partial charge in [-0.05, 0) is 81.2 Å². The summed E-state index contributed by atoms with van der Waals surface area (Å²) in [6.07, 6.45) is -3.04. The minimum Gasteiger partial charge on any atom is -0.550 e. The van der Waals surface area contributed by atoms with Crippen LogP contribution in [-0.2, 0) is 35.0 Å². The Kier molecular flexibility index (Phi) is 11.9. The number of ether oxygens (including phenoxy) is 2. The van der Waals surface area contributed by atoms with Gasteiger partial charge in [-0.15, -0.1) is 0 Å². The Morgan fingerprint density at radius 1 is 1.04 bits per heavy atom. The molecule has 0 atom stereocenters. The van der Waals surface area contributed by atoms with Gasteiger partial charge in [0.2, 0.25) is 5.95 Å². The van der Waals surface area contributed by atoms with E-state index in [2.05, 4.69) is 15.3 Å². The van der Waals surface area contributed by atoms with E-state index in [0.717, 1.165) is 24.6 Å². The molecule has 236 valence electrons. The Labute approximate surface area is 272 Å². The van der Waals surface area contributed by atoms with Crippen LogP contribution in [0.2, 0.25) is 0 Å². The number of piperidine rings is 1. The minimum absolute atomic E-state index is 0. The SMILES string of the molecule is COc1cc(C2CCN(C(=O)OC(C)(C)C)CC2)ccc1Nc1ncc(C(F)(F)F)c(CCc2ccccc2CC(=O)[O-])n1.[Li+]. The third kappa shape index (κ3) is 9.87. The molecule has 3 aromatic rings. The number of nitrogens with one attached hydrogen (secondary N) is 1. The summed E-state index contributed by atoms with van der Waals surface area (Å²) in [7, 11) is 1.50. The molecule has 45 heavy (non-hydrogen) atoms. The number of anilines is 2. The number of carboxylic acids is 1. The summed E-state index contributed by atoms with van der Waals surface area (Å²) in [4.78, 5) is 33.4. The van der Waals surface area contributed by atoms with Crippen molar-refractivity contribution in [1.29, 1.82) is 0 Å². The number of carbonyl (C=O) groups excluding carboxylic acids is 2. The van der Waals surface area contributed by atoms with Crippen LogP contribution in [0.15, 0.2) is 48.7 Å². The van der Waals surface area contributed by atoms with E-state index in [-0.39, 0.29) is 61.8 Å². The Morgan fingerprint density at radius 2 is 1.71 bits per heavy atom. The van der Waals surface area contributed by atoms with Crippen molar-refractivity contribution in [2.24, 2.45) is 0 Å². The van der Waals surface area contributed by atoms with E-state index in [0.29, 0.717) is 35.7 Å². The first kappa shape index (κ1) is 35.7. The summed E-state index contributed by atoms with van der Waals surface area (Å²) < 4.78 is 52.6. The average Bonchev–Trinajstić information content (AvgIpc) is 2.95. The maximum atomic E-state index is 13.8. The molecule has 2 heterocycles. The first-order valence-corrected chi connectivity index (χ1v) is 14.4. The zero-order chi connectivity index (χ0) is 32.1. The number of rotatable bonds is 9. The van der Waals surface area contributed by atoms with E-state index in [1.807, 2.05) is 32.9 Å². The van der Waals surface area contributed by atoms with Crippen molar-refractivity contribution in [2.75, 3.05) is 25.5 Å². The molecule has 0 saturated carbocycles. The van der Waals surface area contributed by atoms with Crippen LogP contribution in [0.5, 0.6) is 5.75 Å². The second kappa shape index (κ2) is 15.0. The van der Waals surface area contributed by atoms with Gasteiger partial charge in [-0.25, -0.2) is 14.8 Å². The number of carbonyl (C=O) groups is 2. The molecule has 9 nitrogen and oxygen atoms in total. The number of methoxy groups -OCH3 is 1. The van der Waals surface area contributed by atoms with Gasteiger partial charge < -0.3 is 29.6 Å². The Morgan fingerprint density at radius 3 is 2.31 bits per heavy atom. The summed E-state index contributed by atoms with van der Waals surface area (Å²) in [5.74, 6) is -0.649. The van der Waals surface area contributed by atoms with Crippen LogP contribution in [0, 0.1) is 0 Å². The van der Waals surface area contributed by atoms with Crippen molar-refractivity contribution >= 4 is 23.7 Å². The zero-order valence-electron chi connectivity index (χ0n) is 26.2. The van der Waals surface area contributed by atoms with Crippen LogP contribution in [0.25, 0.3) is 0 Å². The number of carboxylic acid groups (broad SMARTS) is 1. The smallest absolute Gasteiger partial charge is 0.550 e. The average molecular weight is 621 g/mol. The first-order valence-electron chi connectivity index (χ1n) is 14.4. The molecule has 0 spiro atoms. The Hall–Kier alpha value is -3.75. The number of aliphatic carboxylic acids is 1. The van der Waals surface area contributed by atoms with Crippen molar-refractivity contribution in [3.8, 4) is 5.75 Å². The molecule has 1 fully saturated rings. The van der Waals surface area contributed by atoms with Gasteiger partial charge in [-0.3, -0.25) is 0 Å². The predicted molar refractivity (Wildman–Crippen MR) is 156 cm³/mol. The summed E-state index contributed by atoms with van der Waals surface area (Å²) >= 11 is 0. The van der Waals surface area contributed by atoms with E-state index < -0.39 is 23.3 Å². The topological polar surface area (TPSA) is 117 Å². The number of aromatic nitrogens is 2. The van der Waals surface area contributed by atoms with Gasteiger partial charge in [-0.1, -0.05) is 30.3 Å². The number of hydrogen-bond acceptors (Lipinski definition) is 8. The number of likely N-dealkylation sites (tertiary alicyclic amines) is 1. The maximum Gasteiger partial charge on any atom is 1.00 e. The number of halogens is 3. The number of alkyl halides is 3. The van der Waals surface area contributed by atoms with Crippen LogP contribution in [-0.4, -0.2) is 52.7 Å². The molecule has 1 N–H and O–H groups in total. The molecule has 13 heteroatoms. The molecule has 0 bridgehead atoms. The van der Waals surface area contributed by atoms with Crippen LogP contribution >= 0.6 is 0 Å². The third-order valence-electron chi connectivity index (χ3n) is 7.35. The van der Waals surface area contributed by atoms with Gasteiger partial charge in [0.15, 0.2) is 0 Å². The summed E-state index contributed by atoms with van der Waals surface area (Å²) in [5.41, 5.74) is 0.840. The third-order valence-corrected chi connectivity index (χ3v) is 7.35. The van der Waals surface area contributed by atoms with E-state index >= 15 is 0 Å². The largest absolute Gasteiger partial charge is 1.00 e. The van der Waals surface area contributed by atoms with Crippen molar-refractivity contribution in [3.05, 3.63) is 76.6 Å². The minimum atomic E-state index is -4.67.